The van der Waals surface area contributed by atoms with Crippen LogP contribution < -0.4 is 15.5 Å². The van der Waals surface area contributed by atoms with Crippen molar-refractivity contribution in [3.05, 3.63) is 48.1 Å². The highest BCUT2D eigenvalue weighted by Gasteiger charge is 2.38. The van der Waals surface area contributed by atoms with Crippen LogP contribution in [0, 0.1) is 5.95 Å². The highest BCUT2D eigenvalue weighted by atomic mass is 19.1. The number of aliphatic hydroxyl groups is 1. The molecule has 10 nitrogen and oxygen atoms in total. The van der Waals surface area contributed by atoms with Crippen LogP contribution in [0.5, 0.6) is 0 Å². The van der Waals surface area contributed by atoms with E-state index in [0.717, 1.165) is 30.5 Å². The minimum atomic E-state index is -0.697. The van der Waals surface area contributed by atoms with E-state index >= 15 is 0 Å². The third-order valence-electron chi connectivity index (χ3n) is 6.20. The molecule has 3 N–H and O–H groups in total. The van der Waals surface area contributed by atoms with Crippen LogP contribution in [-0.2, 0) is 17.6 Å². The lowest BCUT2D eigenvalue weighted by atomic mass is 10.2. The van der Waals surface area contributed by atoms with Gasteiger partial charge in [0, 0.05) is 30.8 Å². The van der Waals surface area contributed by atoms with Crippen molar-refractivity contribution in [3.8, 4) is 0 Å². The van der Waals surface area contributed by atoms with Crippen LogP contribution in [0.2, 0.25) is 0 Å². The molecule has 1 aliphatic carbocycles. The Labute approximate surface area is 196 Å². The number of carbonyl (C=O) groups excluding carboxylic acids is 1. The number of hydrogen-bond acceptors (Lipinski definition) is 8. The van der Waals surface area contributed by atoms with Crippen molar-refractivity contribution in [2.75, 3.05) is 22.1 Å². The zero-order chi connectivity index (χ0) is 23.8. The highest BCUT2D eigenvalue weighted by Crippen LogP contribution is 2.33. The predicted octanol–water partition coefficient (Wildman–Crippen LogP) is 2.60. The topological polar surface area (TPSA) is 121 Å². The van der Waals surface area contributed by atoms with E-state index in [1.54, 1.807) is 11.2 Å². The summed E-state index contributed by atoms with van der Waals surface area (Å²) in [5.41, 5.74) is 2.38. The fourth-order valence-electron chi connectivity index (χ4n) is 4.41. The number of rotatable bonds is 6. The van der Waals surface area contributed by atoms with E-state index in [0.29, 0.717) is 23.3 Å². The summed E-state index contributed by atoms with van der Waals surface area (Å²) in [5, 5.41) is 16.4. The van der Waals surface area contributed by atoms with Gasteiger partial charge in [-0.3, -0.25) is 4.79 Å². The summed E-state index contributed by atoms with van der Waals surface area (Å²) in [6.07, 6.45) is 7.18. The van der Waals surface area contributed by atoms with E-state index in [9.17, 15) is 14.3 Å². The maximum Gasteiger partial charge on any atom is 0.247 e. The van der Waals surface area contributed by atoms with Gasteiger partial charge in [0.25, 0.3) is 0 Å². The van der Waals surface area contributed by atoms with Crippen LogP contribution >= 0.6 is 0 Å². The first kappa shape index (κ1) is 22.2. The SMILES string of the molecule is CC(C)n1cnc(Nc2nc(N3C[C@H](O)C[C@@H]3C(=O)Nc3ccc(F)nc3)nc3c2CCC3)c1. The molecule has 2 aliphatic rings. The van der Waals surface area contributed by atoms with Gasteiger partial charge in [-0.25, -0.2) is 15.0 Å². The van der Waals surface area contributed by atoms with Gasteiger partial charge in [0.2, 0.25) is 17.8 Å². The van der Waals surface area contributed by atoms with Gasteiger partial charge in [-0.2, -0.15) is 9.37 Å². The van der Waals surface area contributed by atoms with Gasteiger partial charge in [0.05, 0.1) is 30.0 Å². The molecule has 3 aromatic heterocycles. The molecule has 1 saturated heterocycles. The lowest BCUT2D eigenvalue weighted by Gasteiger charge is -2.25. The molecule has 1 aliphatic heterocycles. The van der Waals surface area contributed by atoms with E-state index in [1.165, 1.54) is 18.3 Å². The Hall–Kier alpha value is -3.60. The molecule has 34 heavy (non-hydrogen) atoms. The largest absolute Gasteiger partial charge is 0.391 e. The monoisotopic (exact) mass is 466 g/mol. The molecule has 1 fully saturated rings. The van der Waals surface area contributed by atoms with Crippen LogP contribution in [0.3, 0.4) is 0 Å². The number of nitrogens with one attached hydrogen (secondary N) is 2. The Bertz CT molecular complexity index is 1200. The molecule has 0 unspecified atom stereocenters. The second kappa shape index (κ2) is 8.98. The third-order valence-corrected chi connectivity index (χ3v) is 6.20. The van der Waals surface area contributed by atoms with Crippen molar-refractivity contribution in [2.24, 2.45) is 0 Å². The summed E-state index contributed by atoms with van der Waals surface area (Å²) < 4.78 is 15.1. The predicted molar refractivity (Wildman–Crippen MR) is 125 cm³/mol. The second-order valence-corrected chi connectivity index (χ2v) is 8.99. The minimum absolute atomic E-state index is 0.236. The van der Waals surface area contributed by atoms with E-state index < -0.39 is 18.1 Å². The highest BCUT2D eigenvalue weighted by molar-refractivity contribution is 5.97. The summed E-state index contributed by atoms with van der Waals surface area (Å²) in [6.45, 7) is 4.40. The number of aryl methyl sites for hydroxylation is 1. The average molecular weight is 467 g/mol. The number of aromatic nitrogens is 5. The molecule has 11 heteroatoms. The maximum absolute atomic E-state index is 13.1. The number of β-amino-alcohol motifs (C(OH)–C–C–N with tert-alkyl or cyclic N) is 1. The first-order chi connectivity index (χ1) is 16.4. The summed E-state index contributed by atoms with van der Waals surface area (Å²) >= 11 is 0. The van der Waals surface area contributed by atoms with Gasteiger partial charge in [-0.1, -0.05) is 0 Å². The zero-order valence-corrected chi connectivity index (χ0v) is 19.1. The number of fused-ring (bicyclic) bond motifs is 1. The molecule has 3 aromatic rings. The minimum Gasteiger partial charge on any atom is -0.391 e. The standard InChI is InChI=1S/C23H27FN8O2/c1-13(2)31-11-20(26-12-31)29-21-16-4-3-5-17(16)28-23(30-21)32-10-15(33)8-18(32)22(34)27-14-6-7-19(24)25-9-14/h6-7,9,11-13,15,18,33H,3-5,8,10H2,1-2H3,(H,27,34)(H,28,29,30)/t15-,18-/m1/s1. The summed E-state index contributed by atoms with van der Waals surface area (Å²) in [6, 6.07) is 2.24. The zero-order valence-electron chi connectivity index (χ0n) is 19.1. The molecule has 2 atom stereocenters. The molecular weight excluding hydrogens is 439 g/mol. The maximum atomic E-state index is 13.1. The molecule has 5 rings (SSSR count). The molecule has 1 amide bonds. The van der Waals surface area contributed by atoms with E-state index in [4.69, 9.17) is 9.97 Å². The molecule has 0 spiro atoms. The fraction of sp³-hybridized carbons (Fsp3) is 0.435. The quantitative estimate of drug-likeness (QED) is 0.474. The number of hydrogen-bond donors (Lipinski definition) is 3. The van der Waals surface area contributed by atoms with Crippen molar-refractivity contribution < 1.29 is 14.3 Å². The molecule has 178 valence electrons. The Morgan fingerprint density at radius 2 is 2.09 bits per heavy atom. The summed E-state index contributed by atoms with van der Waals surface area (Å²) in [4.78, 5) is 32.3. The molecule has 4 heterocycles. The van der Waals surface area contributed by atoms with Crippen molar-refractivity contribution in [1.82, 2.24) is 24.5 Å². The lowest BCUT2D eigenvalue weighted by Crippen LogP contribution is -2.40. The summed E-state index contributed by atoms with van der Waals surface area (Å²) in [5.74, 6) is 0.794. The average Bonchev–Trinajstić information content (AvgIpc) is 3.54. The van der Waals surface area contributed by atoms with Crippen molar-refractivity contribution >= 4 is 29.2 Å². The third kappa shape index (κ3) is 4.43. The van der Waals surface area contributed by atoms with E-state index in [-0.39, 0.29) is 24.9 Å². The van der Waals surface area contributed by atoms with Crippen LogP contribution in [0.15, 0.2) is 30.9 Å². The molecule has 0 bridgehead atoms. The second-order valence-electron chi connectivity index (χ2n) is 8.99. The van der Waals surface area contributed by atoms with Gasteiger partial charge in [-0.15, -0.1) is 0 Å². The van der Waals surface area contributed by atoms with Crippen molar-refractivity contribution in [3.63, 3.8) is 0 Å². The number of imidazole rings is 1. The number of halogens is 1. The Morgan fingerprint density at radius 3 is 2.82 bits per heavy atom. The lowest BCUT2D eigenvalue weighted by molar-refractivity contribution is -0.117. The Morgan fingerprint density at radius 1 is 1.24 bits per heavy atom. The molecule has 0 saturated carbocycles. The van der Waals surface area contributed by atoms with E-state index in [2.05, 4.69) is 34.4 Å². The van der Waals surface area contributed by atoms with Gasteiger partial charge in [0.1, 0.15) is 17.7 Å². The van der Waals surface area contributed by atoms with E-state index in [1.807, 2.05) is 10.8 Å². The number of nitrogens with zero attached hydrogens (tertiary/aromatic N) is 6. The Kier molecular flexibility index (Phi) is 5.86. The number of pyridine rings is 1. The molecule has 0 aromatic carbocycles. The molecule has 0 radical (unpaired) electrons. The Balaban J connectivity index is 1.42. The van der Waals surface area contributed by atoms with Crippen LogP contribution in [0.25, 0.3) is 0 Å². The number of amides is 1. The fourth-order valence-corrected chi connectivity index (χ4v) is 4.41. The van der Waals surface area contributed by atoms with Crippen LogP contribution in [0.1, 0.15) is 44.0 Å². The van der Waals surface area contributed by atoms with Gasteiger partial charge < -0.3 is 25.2 Å². The molecular formula is C23H27FN8O2. The van der Waals surface area contributed by atoms with Crippen LogP contribution in [-0.4, -0.2) is 54.2 Å². The van der Waals surface area contributed by atoms with Crippen molar-refractivity contribution in [1.29, 1.82) is 0 Å². The smallest absolute Gasteiger partial charge is 0.247 e. The normalized spacial score (nSPS) is 19.5. The summed E-state index contributed by atoms with van der Waals surface area (Å²) in [7, 11) is 0. The number of anilines is 4. The van der Waals surface area contributed by atoms with Gasteiger partial charge in [-0.05, 0) is 45.2 Å². The number of aliphatic hydroxyl groups excluding tert-OH is 1. The van der Waals surface area contributed by atoms with Gasteiger partial charge >= 0.3 is 0 Å². The van der Waals surface area contributed by atoms with Gasteiger partial charge in [0.15, 0.2) is 0 Å². The number of carbonyl (C=O) groups is 1. The first-order valence-electron chi connectivity index (χ1n) is 11.4. The first-order valence-corrected chi connectivity index (χ1v) is 11.4. The van der Waals surface area contributed by atoms with Crippen LogP contribution in [0.4, 0.5) is 27.7 Å². The van der Waals surface area contributed by atoms with Crippen molar-refractivity contribution in [2.45, 2.75) is 57.7 Å².